The number of pyridine rings is 1. The molecule has 2 heterocycles. The lowest BCUT2D eigenvalue weighted by atomic mass is 9.86. The van der Waals surface area contributed by atoms with Crippen LogP contribution in [0.2, 0.25) is 0 Å². The molecule has 37 heavy (non-hydrogen) atoms. The van der Waals surface area contributed by atoms with Crippen molar-refractivity contribution in [2.24, 2.45) is 0 Å². The number of nitriles is 2. The number of para-hydroxylation sites is 1. The Balaban J connectivity index is 1.92. The molecule has 6 rings (SSSR count). The highest BCUT2D eigenvalue weighted by Gasteiger charge is 2.29. The number of benzene rings is 4. The fourth-order valence-electron chi connectivity index (χ4n) is 5.07. The number of rotatable bonds is 3. The molecule has 5 nitrogen and oxygen atoms in total. The predicted molar refractivity (Wildman–Crippen MR) is 145 cm³/mol. The van der Waals surface area contributed by atoms with Crippen molar-refractivity contribution in [2.45, 2.75) is 0 Å². The average Bonchev–Trinajstić information content (AvgIpc) is 3.30. The van der Waals surface area contributed by atoms with E-state index in [1.807, 2.05) is 102 Å². The molecule has 2 aromatic heterocycles. The summed E-state index contributed by atoms with van der Waals surface area (Å²) in [6, 6.07) is 35.3. The molecule has 4 aromatic carbocycles. The molecule has 0 atom stereocenters. The summed E-state index contributed by atoms with van der Waals surface area (Å²) in [6.45, 7) is 8.28. The van der Waals surface area contributed by atoms with Gasteiger partial charge in [-0.25, -0.2) is 9.83 Å². The molecule has 0 amide bonds. The van der Waals surface area contributed by atoms with E-state index in [9.17, 15) is 10.5 Å². The van der Waals surface area contributed by atoms with Crippen molar-refractivity contribution < 1.29 is 0 Å². The summed E-state index contributed by atoms with van der Waals surface area (Å²) in [6.07, 6.45) is 1.71. The fraction of sp³-hybridized carbons (Fsp3) is 0. The second-order valence-electron chi connectivity index (χ2n) is 8.49. The molecule has 0 radical (unpaired) electrons. The normalized spacial score (nSPS) is 10.6. The van der Waals surface area contributed by atoms with Crippen LogP contribution in [0.5, 0.6) is 0 Å². The van der Waals surface area contributed by atoms with Crippen molar-refractivity contribution in [2.75, 3.05) is 0 Å². The Bertz CT molecular complexity index is 1820. The van der Waals surface area contributed by atoms with Crippen LogP contribution in [0.4, 0.5) is 5.69 Å². The SMILES string of the molecule is [C-]#[N+]c1c(-c2ccccc2)c(C#N)c(-c2ccccc2)c(C#N)c1-n1c2ccccc2c2cccnc21. The maximum absolute atomic E-state index is 10.6. The van der Waals surface area contributed by atoms with Gasteiger partial charge in [0.15, 0.2) is 0 Å². The Labute approximate surface area is 213 Å². The van der Waals surface area contributed by atoms with Gasteiger partial charge in [0, 0.05) is 28.1 Å². The zero-order valence-corrected chi connectivity index (χ0v) is 19.6. The van der Waals surface area contributed by atoms with E-state index in [-0.39, 0.29) is 11.3 Å². The van der Waals surface area contributed by atoms with E-state index in [0.29, 0.717) is 28.0 Å². The van der Waals surface area contributed by atoms with E-state index < -0.39 is 0 Å². The minimum absolute atomic E-state index is 0.243. The van der Waals surface area contributed by atoms with Gasteiger partial charge in [-0.2, -0.15) is 10.5 Å². The molecule has 0 N–H and O–H groups in total. The van der Waals surface area contributed by atoms with E-state index in [2.05, 4.69) is 22.0 Å². The lowest BCUT2D eigenvalue weighted by Gasteiger charge is -2.20. The first kappa shape index (κ1) is 21.8. The van der Waals surface area contributed by atoms with E-state index in [4.69, 9.17) is 6.57 Å². The lowest BCUT2D eigenvalue weighted by Crippen LogP contribution is -2.05. The third kappa shape index (κ3) is 3.26. The minimum atomic E-state index is 0.243. The molecule has 6 aromatic rings. The fourth-order valence-corrected chi connectivity index (χ4v) is 5.07. The van der Waals surface area contributed by atoms with Crippen LogP contribution in [0.25, 0.3) is 54.7 Å². The van der Waals surface area contributed by atoms with Crippen LogP contribution in [0.1, 0.15) is 11.1 Å². The summed E-state index contributed by atoms with van der Waals surface area (Å²) in [4.78, 5) is 8.65. The molecule has 5 heteroatoms. The first-order valence-electron chi connectivity index (χ1n) is 11.7. The third-order valence-electron chi connectivity index (χ3n) is 6.57. The first-order valence-corrected chi connectivity index (χ1v) is 11.7. The second-order valence-corrected chi connectivity index (χ2v) is 8.49. The monoisotopic (exact) mass is 471 g/mol. The van der Waals surface area contributed by atoms with E-state index in [1.54, 1.807) is 6.20 Å². The van der Waals surface area contributed by atoms with Gasteiger partial charge in [0.1, 0.15) is 11.7 Å². The van der Waals surface area contributed by atoms with Crippen LogP contribution in [0.3, 0.4) is 0 Å². The van der Waals surface area contributed by atoms with Gasteiger partial charge in [0.05, 0.1) is 35.0 Å². The highest BCUT2D eigenvalue weighted by Crippen LogP contribution is 2.48. The van der Waals surface area contributed by atoms with Gasteiger partial charge in [0.25, 0.3) is 0 Å². The molecular formula is C32H17N5. The summed E-state index contributed by atoms with van der Waals surface area (Å²) in [5.41, 5.74) is 5.21. The van der Waals surface area contributed by atoms with Crippen LogP contribution in [-0.2, 0) is 0 Å². The summed E-state index contributed by atoms with van der Waals surface area (Å²) in [5, 5.41) is 22.9. The summed E-state index contributed by atoms with van der Waals surface area (Å²) >= 11 is 0. The van der Waals surface area contributed by atoms with Crippen LogP contribution in [-0.4, -0.2) is 9.55 Å². The Morgan fingerprint density at radius 1 is 0.676 bits per heavy atom. The largest absolute Gasteiger partial charge is 0.302 e. The molecule has 0 fully saturated rings. The Morgan fingerprint density at radius 3 is 1.92 bits per heavy atom. The maximum Gasteiger partial charge on any atom is 0.221 e. The second kappa shape index (κ2) is 8.82. The van der Waals surface area contributed by atoms with E-state index in [0.717, 1.165) is 27.4 Å². The van der Waals surface area contributed by atoms with Crippen molar-refractivity contribution in [1.82, 2.24) is 9.55 Å². The highest BCUT2D eigenvalue weighted by atomic mass is 15.1. The van der Waals surface area contributed by atoms with Gasteiger partial charge >= 0.3 is 0 Å². The Morgan fingerprint density at radius 2 is 1.27 bits per heavy atom. The molecule has 0 saturated carbocycles. The summed E-state index contributed by atoms with van der Waals surface area (Å²) < 4.78 is 1.90. The molecule has 0 unspecified atom stereocenters. The number of hydrogen-bond acceptors (Lipinski definition) is 3. The first-order chi connectivity index (χ1) is 18.3. The number of fused-ring (bicyclic) bond motifs is 3. The molecule has 0 bridgehead atoms. The van der Waals surface area contributed by atoms with Crippen LogP contribution in [0.15, 0.2) is 103 Å². The van der Waals surface area contributed by atoms with Crippen LogP contribution >= 0.6 is 0 Å². The van der Waals surface area contributed by atoms with Crippen molar-refractivity contribution in [3.63, 3.8) is 0 Å². The summed E-state index contributed by atoms with van der Waals surface area (Å²) in [5.74, 6) is 0. The number of nitrogens with zero attached hydrogens (tertiary/aromatic N) is 5. The Hall–Kier alpha value is -5.70. The van der Waals surface area contributed by atoms with E-state index >= 15 is 0 Å². The molecule has 0 aliphatic carbocycles. The maximum atomic E-state index is 10.6. The molecule has 0 aliphatic rings. The molecule has 0 aliphatic heterocycles. The molecule has 0 saturated heterocycles. The minimum Gasteiger partial charge on any atom is -0.302 e. The third-order valence-corrected chi connectivity index (χ3v) is 6.57. The number of aromatic nitrogens is 2. The topological polar surface area (TPSA) is 69.8 Å². The molecule has 0 spiro atoms. The lowest BCUT2D eigenvalue weighted by molar-refractivity contribution is 1.13. The summed E-state index contributed by atoms with van der Waals surface area (Å²) in [7, 11) is 0. The zero-order chi connectivity index (χ0) is 25.4. The smallest absolute Gasteiger partial charge is 0.221 e. The average molecular weight is 472 g/mol. The Kier molecular flexibility index (Phi) is 5.20. The highest BCUT2D eigenvalue weighted by molar-refractivity contribution is 6.10. The van der Waals surface area contributed by atoms with Gasteiger partial charge in [0.2, 0.25) is 5.69 Å². The van der Waals surface area contributed by atoms with E-state index in [1.165, 1.54) is 0 Å². The number of hydrogen-bond donors (Lipinski definition) is 0. The van der Waals surface area contributed by atoms with Crippen molar-refractivity contribution in [3.05, 3.63) is 126 Å². The van der Waals surface area contributed by atoms with Crippen LogP contribution in [0, 0.1) is 29.2 Å². The standard InChI is InChI=1S/C32H17N5/c1-35-30-29(22-13-6-3-7-14-22)25(19-33)28(21-11-4-2-5-12-21)26(20-34)31(30)37-27-17-9-8-15-23(27)24-16-10-18-36-32(24)37/h2-18H. The van der Waals surface area contributed by atoms with Crippen molar-refractivity contribution >= 4 is 27.6 Å². The van der Waals surface area contributed by atoms with Crippen molar-refractivity contribution in [1.29, 1.82) is 10.5 Å². The quantitative estimate of drug-likeness (QED) is 0.247. The molecular weight excluding hydrogens is 454 g/mol. The molecule has 170 valence electrons. The van der Waals surface area contributed by atoms with Gasteiger partial charge in [-0.1, -0.05) is 78.9 Å². The van der Waals surface area contributed by atoms with Gasteiger partial charge in [-0.05, 0) is 29.3 Å². The van der Waals surface area contributed by atoms with Gasteiger partial charge in [-0.15, -0.1) is 0 Å². The van der Waals surface area contributed by atoms with Crippen LogP contribution < -0.4 is 0 Å². The predicted octanol–water partition coefficient (Wildman–Crippen LogP) is 7.81. The van der Waals surface area contributed by atoms with Gasteiger partial charge in [-0.3, -0.25) is 0 Å². The van der Waals surface area contributed by atoms with Crippen molar-refractivity contribution in [3.8, 4) is 40.1 Å². The van der Waals surface area contributed by atoms with Gasteiger partial charge < -0.3 is 4.57 Å². The zero-order valence-electron chi connectivity index (χ0n) is 19.6.